The minimum Gasteiger partial charge on any atom is -0.457 e. The van der Waals surface area contributed by atoms with E-state index in [9.17, 15) is 13.5 Å². The second kappa shape index (κ2) is 8.09. The van der Waals surface area contributed by atoms with Gasteiger partial charge in [0.05, 0.1) is 11.0 Å². The number of aliphatic hydroxyl groups is 1. The Morgan fingerprint density at radius 1 is 0.923 bits per heavy atom. The third-order valence-electron chi connectivity index (χ3n) is 3.67. The molecule has 0 amide bonds. The highest BCUT2D eigenvalue weighted by atomic mass is 32.2. The van der Waals surface area contributed by atoms with E-state index in [0.29, 0.717) is 17.1 Å². The predicted octanol–water partition coefficient (Wildman–Crippen LogP) is 2.89. The molecule has 3 aromatic rings. The van der Waals surface area contributed by atoms with E-state index in [1.165, 1.54) is 12.1 Å². The molecular formula is C19H18N2O4S. The van der Waals surface area contributed by atoms with E-state index in [4.69, 9.17) is 4.74 Å². The van der Waals surface area contributed by atoms with Crippen LogP contribution in [0.1, 0.15) is 11.7 Å². The summed E-state index contributed by atoms with van der Waals surface area (Å²) in [5.74, 6) is 1.20. The summed E-state index contributed by atoms with van der Waals surface area (Å²) in [5, 5.41) is 10.1. The van der Waals surface area contributed by atoms with Crippen molar-refractivity contribution in [2.45, 2.75) is 11.0 Å². The Labute approximate surface area is 152 Å². The Kier molecular flexibility index (Phi) is 5.62. The number of aromatic nitrogens is 1. The lowest BCUT2D eigenvalue weighted by atomic mass is 10.1. The van der Waals surface area contributed by atoms with E-state index in [1.54, 1.807) is 36.7 Å². The SMILES string of the molecule is O=S(=O)(NCC(O)c1ccncc1)c1ccc(Oc2ccccc2)cc1. The van der Waals surface area contributed by atoms with Gasteiger partial charge in [0.25, 0.3) is 0 Å². The Hall–Kier alpha value is -2.74. The number of benzene rings is 2. The number of rotatable bonds is 7. The third-order valence-corrected chi connectivity index (χ3v) is 5.11. The number of sulfonamides is 1. The number of nitrogens with one attached hydrogen (secondary N) is 1. The molecule has 2 N–H and O–H groups in total. The maximum absolute atomic E-state index is 12.4. The van der Waals surface area contributed by atoms with Crippen LogP contribution in [0, 0.1) is 0 Å². The highest BCUT2D eigenvalue weighted by molar-refractivity contribution is 7.89. The monoisotopic (exact) mass is 370 g/mol. The first kappa shape index (κ1) is 18.1. The van der Waals surface area contributed by atoms with Crippen molar-refractivity contribution < 1.29 is 18.3 Å². The van der Waals surface area contributed by atoms with Crippen LogP contribution in [-0.2, 0) is 10.0 Å². The summed E-state index contributed by atoms with van der Waals surface area (Å²) in [5.41, 5.74) is 0.592. The summed E-state index contributed by atoms with van der Waals surface area (Å²) in [4.78, 5) is 3.96. The fraction of sp³-hybridized carbons (Fsp3) is 0.105. The number of ether oxygens (including phenoxy) is 1. The summed E-state index contributed by atoms with van der Waals surface area (Å²) in [6.07, 6.45) is 2.13. The second-order valence-corrected chi connectivity index (χ2v) is 7.30. The molecule has 6 nitrogen and oxygen atoms in total. The molecule has 2 aromatic carbocycles. The van der Waals surface area contributed by atoms with Crippen molar-refractivity contribution in [3.63, 3.8) is 0 Å². The summed E-state index contributed by atoms with van der Waals surface area (Å²) in [6.45, 7) is -0.130. The van der Waals surface area contributed by atoms with Crippen LogP contribution >= 0.6 is 0 Å². The number of hydrogen-bond donors (Lipinski definition) is 2. The lowest BCUT2D eigenvalue weighted by Gasteiger charge is -2.13. The Morgan fingerprint density at radius 3 is 2.19 bits per heavy atom. The number of nitrogens with zero attached hydrogens (tertiary/aromatic N) is 1. The Balaban J connectivity index is 1.64. The molecule has 1 aromatic heterocycles. The third kappa shape index (κ3) is 4.66. The van der Waals surface area contributed by atoms with Crippen LogP contribution in [0.3, 0.4) is 0 Å². The summed E-state index contributed by atoms with van der Waals surface area (Å²) < 4.78 is 32.8. The fourth-order valence-electron chi connectivity index (χ4n) is 2.29. The predicted molar refractivity (Wildman–Crippen MR) is 97.3 cm³/mol. The number of hydrogen-bond acceptors (Lipinski definition) is 5. The smallest absolute Gasteiger partial charge is 0.240 e. The molecule has 3 rings (SSSR count). The lowest BCUT2D eigenvalue weighted by Crippen LogP contribution is -2.28. The molecule has 1 atom stereocenters. The molecule has 0 aliphatic carbocycles. The van der Waals surface area contributed by atoms with Crippen molar-refractivity contribution >= 4 is 10.0 Å². The van der Waals surface area contributed by atoms with Gasteiger partial charge in [0.1, 0.15) is 11.5 Å². The van der Waals surface area contributed by atoms with Crippen LogP contribution in [0.25, 0.3) is 0 Å². The van der Waals surface area contributed by atoms with Crippen LogP contribution in [0.15, 0.2) is 84.0 Å². The van der Waals surface area contributed by atoms with E-state index >= 15 is 0 Å². The number of aliphatic hydroxyl groups excluding tert-OH is 1. The van der Waals surface area contributed by atoms with Crippen molar-refractivity contribution in [2.75, 3.05) is 6.54 Å². The average Bonchev–Trinajstić information content (AvgIpc) is 2.68. The molecule has 26 heavy (non-hydrogen) atoms. The normalized spacial score (nSPS) is 12.5. The highest BCUT2D eigenvalue weighted by Gasteiger charge is 2.16. The van der Waals surface area contributed by atoms with Gasteiger partial charge in [-0.3, -0.25) is 4.98 Å². The van der Waals surface area contributed by atoms with E-state index < -0.39 is 16.1 Å². The molecule has 1 heterocycles. The van der Waals surface area contributed by atoms with Gasteiger partial charge >= 0.3 is 0 Å². The summed E-state index contributed by atoms with van der Waals surface area (Å²) in [7, 11) is -3.73. The second-order valence-electron chi connectivity index (χ2n) is 5.53. The topological polar surface area (TPSA) is 88.5 Å². The molecule has 0 aliphatic heterocycles. The molecule has 0 saturated heterocycles. The molecule has 0 spiro atoms. The van der Waals surface area contributed by atoms with Gasteiger partial charge in [-0.2, -0.15) is 0 Å². The number of para-hydroxylation sites is 1. The highest BCUT2D eigenvalue weighted by Crippen LogP contribution is 2.22. The first-order valence-corrected chi connectivity index (χ1v) is 9.43. The van der Waals surface area contributed by atoms with Gasteiger partial charge in [0.2, 0.25) is 10.0 Å². The number of pyridine rings is 1. The zero-order chi connectivity index (χ0) is 18.4. The lowest BCUT2D eigenvalue weighted by molar-refractivity contribution is 0.182. The first-order chi connectivity index (χ1) is 12.5. The van der Waals surface area contributed by atoms with Crippen LogP contribution < -0.4 is 9.46 Å². The van der Waals surface area contributed by atoms with Crippen molar-refractivity contribution in [1.29, 1.82) is 0 Å². The van der Waals surface area contributed by atoms with E-state index in [2.05, 4.69) is 9.71 Å². The largest absolute Gasteiger partial charge is 0.457 e. The molecule has 0 radical (unpaired) electrons. The molecule has 0 saturated carbocycles. The Bertz CT molecular complexity index is 930. The molecule has 1 unspecified atom stereocenters. The van der Waals surface area contributed by atoms with Gasteiger partial charge in [-0.1, -0.05) is 18.2 Å². The average molecular weight is 370 g/mol. The van der Waals surface area contributed by atoms with Gasteiger partial charge in [-0.25, -0.2) is 13.1 Å². The Morgan fingerprint density at radius 2 is 1.54 bits per heavy atom. The van der Waals surface area contributed by atoms with E-state index in [1.807, 2.05) is 30.3 Å². The van der Waals surface area contributed by atoms with E-state index in [-0.39, 0.29) is 11.4 Å². The summed E-state index contributed by atoms with van der Waals surface area (Å²) >= 11 is 0. The zero-order valence-corrected chi connectivity index (χ0v) is 14.6. The van der Waals surface area contributed by atoms with Crippen LogP contribution in [0.4, 0.5) is 0 Å². The molecule has 0 aliphatic rings. The fourth-order valence-corrected chi connectivity index (χ4v) is 3.33. The minimum atomic E-state index is -3.73. The first-order valence-electron chi connectivity index (χ1n) is 7.95. The summed E-state index contributed by atoms with van der Waals surface area (Å²) in [6, 6.07) is 18.6. The molecule has 0 fully saturated rings. The van der Waals surface area contributed by atoms with Gasteiger partial charge in [-0.15, -0.1) is 0 Å². The van der Waals surface area contributed by atoms with Gasteiger partial charge in [-0.05, 0) is 54.1 Å². The standard InChI is InChI=1S/C19H18N2O4S/c22-19(15-10-12-20-13-11-15)14-21-26(23,24)18-8-6-17(7-9-18)25-16-4-2-1-3-5-16/h1-13,19,21-22H,14H2. The van der Waals surface area contributed by atoms with Crippen molar-refractivity contribution in [3.8, 4) is 11.5 Å². The van der Waals surface area contributed by atoms with Crippen LogP contribution in [-0.4, -0.2) is 25.1 Å². The quantitative estimate of drug-likeness (QED) is 0.668. The van der Waals surface area contributed by atoms with Crippen LogP contribution in [0.5, 0.6) is 11.5 Å². The van der Waals surface area contributed by atoms with E-state index in [0.717, 1.165) is 0 Å². The van der Waals surface area contributed by atoms with Crippen molar-refractivity contribution in [1.82, 2.24) is 9.71 Å². The molecule has 7 heteroatoms. The van der Waals surface area contributed by atoms with Crippen LogP contribution in [0.2, 0.25) is 0 Å². The zero-order valence-electron chi connectivity index (χ0n) is 13.8. The molecule has 0 bridgehead atoms. The molecule has 134 valence electrons. The van der Waals surface area contributed by atoms with Gasteiger partial charge in [0, 0.05) is 18.9 Å². The maximum Gasteiger partial charge on any atom is 0.240 e. The maximum atomic E-state index is 12.4. The van der Waals surface area contributed by atoms with Gasteiger partial charge < -0.3 is 9.84 Å². The minimum absolute atomic E-state index is 0.0971. The molecular weight excluding hydrogens is 352 g/mol. The van der Waals surface area contributed by atoms with Gasteiger partial charge in [0.15, 0.2) is 0 Å². The van der Waals surface area contributed by atoms with Crippen molar-refractivity contribution in [3.05, 3.63) is 84.7 Å². The van der Waals surface area contributed by atoms with Crippen molar-refractivity contribution in [2.24, 2.45) is 0 Å².